The lowest BCUT2D eigenvalue weighted by Crippen LogP contribution is -2.06. The van der Waals surface area contributed by atoms with E-state index in [4.69, 9.17) is 11.6 Å². The van der Waals surface area contributed by atoms with E-state index >= 15 is 0 Å². The van der Waals surface area contributed by atoms with Gasteiger partial charge >= 0.3 is 0 Å². The molecule has 30 heavy (non-hydrogen) atoms. The minimum absolute atomic E-state index is 0.0699. The predicted octanol–water partition coefficient (Wildman–Crippen LogP) is 6.37. The molecule has 0 unspecified atom stereocenters. The summed E-state index contributed by atoms with van der Waals surface area (Å²) in [5, 5.41) is 1.25. The van der Waals surface area contributed by atoms with Gasteiger partial charge in [0.15, 0.2) is 15.3 Å². The van der Waals surface area contributed by atoms with Crippen LogP contribution in [0.15, 0.2) is 81.3 Å². The molecular formula is C23H17ClO3S3. The maximum Gasteiger partial charge on any atom is 0.196 e. The van der Waals surface area contributed by atoms with Crippen molar-refractivity contribution in [3.63, 3.8) is 0 Å². The second-order valence-electron chi connectivity index (χ2n) is 6.78. The van der Waals surface area contributed by atoms with Crippen LogP contribution in [0, 0.1) is 0 Å². The van der Waals surface area contributed by atoms with E-state index in [0.29, 0.717) is 16.0 Å². The van der Waals surface area contributed by atoms with Crippen LogP contribution in [-0.2, 0) is 9.84 Å². The minimum atomic E-state index is -3.30. The molecule has 0 aliphatic heterocycles. The Morgan fingerprint density at radius 2 is 1.60 bits per heavy atom. The molecule has 7 heteroatoms. The first-order valence-corrected chi connectivity index (χ1v) is 13.3. The summed E-state index contributed by atoms with van der Waals surface area (Å²) in [6.45, 7) is 0. The van der Waals surface area contributed by atoms with Crippen LogP contribution in [0.4, 0.5) is 0 Å². The van der Waals surface area contributed by atoms with Gasteiger partial charge in [-0.1, -0.05) is 41.9 Å². The maximum atomic E-state index is 13.5. The van der Waals surface area contributed by atoms with Crippen molar-refractivity contribution >= 4 is 54.6 Å². The Labute approximate surface area is 188 Å². The molecule has 1 heterocycles. The van der Waals surface area contributed by atoms with Crippen molar-refractivity contribution in [2.75, 3.05) is 12.5 Å². The summed E-state index contributed by atoms with van der Waals surface area (Å²) in [5.41, 5.74) is 2.03. The van der Waals surface area contributed by atoms with Crippen molar-refractivity contribution in [3.05, 3.63) is 82.0 Å². The van der Waals surface area contributed by atoms with Crippen LogP contribution in [0.3, 0.4) is 0 Å². The van der Waals surface area contributed by atoms with Crippen LogP contribution < -0.4 is 5.43 Å². The Morgan fingerprint density at radius 3 is 2.23 bits per heavy atom. The van der Waals surface area contributed by atoms with Crippen LogP contribution >= 0.6 is 34.7 Å². The largest absolute Gasteiger partial charge is 0.288 e. The van der Waals surface area contributed by atoms with Gasteiger partial charge in [-0.25, -0.2) is 8.42 Å². The molecule has 0 atom stereocenters. The van der Waals surface area contributed by atoms with E-state index in [0.717, 1.165) is 25.6 Å². The third-order valence-corrected chi connectivity index (χ3v) is 8.35. The van der Waals surface area contributed by atoms with E-state index in [1.54, 1.807) is 36.0 Å². The maximum absolute atomic E-state index is 13.5. The molecule has 0 saturated heterocycles. The van der Waals surface area contributed by atoms with Gasteiger partial charge in [-0.2, -0.15) is 0 Å². The predicted molar refractivity (Wildman–Crippen MR) is 129 cm³/mol. The SMILES string of the molecule is CSc1ccc(-c2c(-c3ccc(S(C)(=O)=O)cc3)sc3ccccc3c2=O)cc1Cl. The van der Waals surface area contributed by atoms with Gasteiger partial charge in [0.25, 0.3) is 0 Å². The third kappa shape index (κ3) is 3.93. The smallest absolute Gasteiger partial charge is 0.196 e. The van der Waals surface area contributed by atoms with Gasteiger partial charge in [-0.3, -0.25) is 4.79 Å². The average molecular weight is 473 g/mol. The van der Waals surface area contributed by atoms with E-state index in [2.05, 4.69) is 0 Å². The molecule has 0 fully saturated rings. The number of thioether (sulfide) groups is 1. The number of sulfone groups is 1. The van der Waals surface area contributed by atoms with Crippen LogP contribution in [0.1, 0.15) is 0 Å². The number of hydrogen-bond donors (Lipinski definition) is 0. The molecule has 152 valence electrons. The van der Waals surface area contributed by atoms with Gasteiger partial charge in [0.1, 0.15) is 0 Å². The third-order valence-electron chi connectivity index (χ3n) is 4.78. The molecule has 0 amide bonds. The van der Waals surface area contributed by atoms with Gasteiger partial charge in [0, 0.05) is 31.7 Å². The fourth-order valence-corrected chi connectivity index (χ4v) is 5.99. The fourth-order valence-electron chi connectivity index (χ4n) is 3.28. The summed E-state index contributed by atoms with van der Waals surface area (Å²) in [6.07, 6.45) is 3.13. The molecular weight excluding hydrogens is 456 g/mol. The number of benzene rings is 3. The molecule has 4 aromatic rings. The highest BCUT2D eigenvalue weighted by atomic mass is 35.5. The molecule has 3 nitrogen and oxygen atoms in total. The van der Waals surface area contributed by atoms with Gasteiger partial charge in [0.2, 0.25) is 0 Å². The van der Waals surface area contributed by atoms with E-state index < -0.39 is 9.84 Å². The number of rotatable bonds is 4. The first-order valence-electron chi connectivity index (χ1n) is 9.00. The van der Waals surface area contributed by atoms with Crippen molar-refractivity contribution in [1.29, 1.82) is 0 Å². The molecule has 0 spiro atoms. The average Bonchev–Trinajstić information content (AvgIpc) is 2.73. The lowest BCUT2D eigenvalue weighted by atomic mass is 10.0. The Kier molecular flexibility index (Phi) is 5.77. The zero-order valence-electron chi connectivity index (χ0n) is 16.2. The molecule has 0 aliphatic carbocycles. The van der Waals surface area contributed by atoms with Gasteiger partial charge in [-0.05, 0) is 53.8 Å². The van der Waals surface area contributed by atoms with Crippen molar-refractivity contribution in [2.24, 2.45) is 0 Å². The molecule has 0 aliphatic rings. The van der Waals surface area contributed by atoms with Crippen LogP contribution in [0.2, 0.25) is 5.02 Å². The minimum Gasteiger partial charge on any atom is -0.288 e. The first kappa shape index (κ1) is 21.1. The summed E-state index contributed by atoms with van der Waals surface area (Å²) in [4.78, 5) is 15.4. The second-order valence-corrected chi connectivity index (χ2v) is 11.1. The topological polar surface area (TPSA) is 51.2 Å². The highest BCUT2D eigenvalue weighted by molar-refractivity contribution is 7.98. The first-order chi connectivity index (χ1) is 14.3. The number of fused-ring (bicyclic) bond motifs is 1. The summed E-state index contributed by atoms with van der Waals surface area (Å²) in [5.74, 6) is 0. The van der Waals surface area contributed by atoms with Crippen LogP contribution in [0.5, 0.6) is 0 Å². The van der Waals surface area contributed by atoms with Crippen molar-refractivity contribution in [2.45, 2.75) is 9.79 Å². The number of hydrogen-bond acceptors (Lipinski definition) is 5. The van der Waals surface area contributed by atoms with E-state index in [1.807, 2.05) is 48.7 Å². The summed E-state index contributed by atoms with van der Waals surface area (Å²) >= 11 is 9.49. The second kappa shape index (κ2) is 8.19. The monoisotopic (exact) mass is 472 g/mol. The Morgan fingerprint density at radius 1 is 0.933 bits per heavy atom. The van der Waals surface area contributed by atoms with Crippen LogP contribution in [-0.4, -0.2) is 20.9 Å². The molecule has 0 N–H and O–H groups in total. The molecule has 4 rings (SSSR count). The molecule has 0 bridgehead atoms. The molecule has 3 aromatic carbocycles. The van der Waals surface area contributed by atoms with Crippen LogP contribution in [0.25, 0.3) is 31.7 Å². The molecule has 1 aromatic heterocycles. The number of halogens is 1. The highest BCUT2D eigenvalue weighted by Gasteiger charge is 2.18. The Balaban J connectivity index is 2.02. The quantitative estimate of drug-likeness (QED) is 0.323. The van der Waals surface area contributed by atoms with E-state index in [1.165, 1.54) is 17.6 Å². The molecule has 0 radical (unpaired) electrons. The van der Waals surface area contributed by atoms with Gasteiger partial charge < -0.3 is 0 Å². The summed E-state index contributed by atoms with van der Waals surface area (Å²) in [6, 6.07) is 19.8. The van der Waals surface area contributed by atoms with Gasteiger partial charge in [-0.15, -0.1) is 23.1 Å². The van der Waals surface area contributed by atoms with Crippen molar-refractivity contribution < 1.29 is 8.42 Å². The Bertz CT molecular complexity index is 1420. The standard InChI is InChI=1S/C23H17ClO3S3/c1-28-20-12-9-15(13-18(20)24)21-22(25)17-5-3-4-6-19(17)29-23(21)14-7-10-16(11-8-14)30(2,26)27/h3-13H,1-2H3. The normalized spacial score (nSPS) is 11.7. The van der Waals surface area contributed by atoms with Crippen molar-refractivity contribution in [3.8, 4) is 21.6 Å². The zero-order valence-corrected chi connectivity index (χ0v) is 19.4. The zero-order chi connectivity index (χ0) is 21.5. The van der Waals surface area contributed by atoms with Crippen molar-refractivity contribution in [1.82, 2.24) is 0 Å². The summed E-state index contributed by atoms with van der Waals surface area (Å²) < 4.78 is 24.5. The Hall–Kier alpha value is -2.12. The fraction of sp³-hybridized carbons (Fsp3) is 0.0870. The highest BCUT2D eigenvalue weighted by Crippen LogP contribution is 2.39. The van der Waals surface area contributed by atoms with Gasteiger partial charge in [0.05, 0.1) is 9.92 Å². The molecule has 0 saturated carbocycles. The van der Waals surface area contributed by atoms with E-state index in [-0.39, 0.29) is 10.3 Å². The van der Waals surface area contributed by atoms with E-state index in [9.17, 15) is 13.2 Å². The lowest BCUT2D eigenvalue weighted by molar-refractivity contribution is 0.602. The summed E-state index contributed by atoms with van der Waals surface area (Å²) in [7, 11) is -3.30. The lowest BCUT2D eigenvalue weighted by Gasteiger charge is -2.12.